The van der Waals surface area contributed by atoms with Gasteiger partial charge in [0.2, 0.25) is 5.95 Å². The summed E-state index contributed by atoms with van der Waals surface area (Å²) in [5.74, 6) is 0.855. The van der Waals surface area contributed by atoms with E-state index in [1.807, 2.05) is 30.8 Å². The fourth-order valence-corrected chi connectivity index (χ4v) is 1.91. The number of aromatic nitrogens is 2. The zero-order chi connectivity index (χ0) is 11.7. The predicted molar refractivity (Wildman–Crippen MR) is 70.1 cm³/mol. The average Bonchev–Trinajstić information content (AvgIpc) is 2.51. The third-order valence-electron chi connectivity index (χ3n) is 2.42. The maximum absolute atomic E-state index is 4.39. The minimum Gasteiger partial charge on any atom is -0.326 e. The van der Waals surface area contributed by atoms with E-state index in [0.29, 0.717) is 0 Å². The van der Waals surface area contributed by atoms with Gasteiger partial charge < -0.3 is 9.88 Å². The van der Waals surface area contributed by atoms with Crippen molar-refractivity contribution in [1.29, 1.82) is 0 Å². The van der Waals surface area contributed by atoms with E-state index in [2.05, 4.69) is 45.3 Å². The van der Waals surface area contributed by atoms with Crippen molar-refractivity contribution in [3.8, 4) is 0 Å². The first kappa shape index (κ1) is 11.2. The van der Waals surface area contributed by atoms with Crippen molar-refractivity contribution in [2.24, 2.45) is 7.05 Å². The summed E-state index contributed by atoms with van der Waals surface area (Å²) in [5, 5.41) is 3.28. The molecular formula is C12H14BrN3. The molecule has 0 spiro atoms. The Morgan fingerprint density at radius 3 is 2.62 bits per heavy atom. The van der Waals surface area contributed by atoms with Gasteiger partial charge in [0.05, 0.1) is 5.69 Å². The van der Waals surface area contributed by atoms with Crippen molar-refractivity contribution >= 4 is 27.6 Å². The van der Waals surface area contributed by atoms with Gasteiger partial charge in [0, 0.05) is 23.4 Å². The second-order valence-corrected chi connectivity index (χ2v) is 4.76. The van der Waals surface area contributed by atoms with Crippen LogP contribution in [0.1, 0.15) is 11.3 Å². The van der Waals surface area contributed by atoms with Crippen LogP contribution in [0.3, 0.4) is 0 Å². The van der Waals surface area contributed by atoms with E-state index >= 15 is 0 Å². The molecule has 0 radical (unpaired) electrons. The molecule has 0 unspecified atom stereocenters. The number of hydrogen-bond acceptors (Lipinski definition) is 2. The summed E-state index contributed by atoms with van der Waals surface area (Å²) < 4.78 is 3.08. The Hall–Kier alpha value is -1.29. The van der Waals surface area contributed by atoms with Crippen molar-refractivity contribution in [1.82, 2.24) is 9.55 Å². The molecule has 0 aliphatic heterocycles. The summed E-state index contributed by atoms with van der Waals surface area (Å²) in [5.41, 5.74) is 3.27. The number of nitrogens with one attached hydrogen (secondary N) is 1. The van der Waals surface area contributed by atoms with Crippen molar-refractivity contribution in [2.75, 3.05) is 5.32 Å². The Balaban J connectivity index is 2.27. The van der Waals surface area contributed by atoms with Gasteiger partial charge in [0.15, 0.2) is 0 Å². The lowest BCUT2D eigenvalue weighted by Crippen LogP contribution is -1.98. The minimum atomic E-state index is 0.855. The Kier molecular flexibility index (Phi) is 3.01. The molecule has 84 valence electrons. The second-order valence-electron chi connectivity index (χ2n) is 3.91. The molecule has 2 rings (SSSR count). The number of imidazole rings is 1. The number of anilines is 2. The zero-order valence-electron chi connectivity index (χ0n) is 9.58. The molecular weight excluding hydrogens is 266 g/mol. The van der Waals surface area contributed by atoms with Crippen LogP contribution >= 0.6 is 15.9 Å². The summed E-state index contributed by atoms with van der Waals surface area (Å²) in [6, 6.07) is 6.17. The number of nitrogens with zero attached hydrogens (tertiary/aromatic N) is 2. The van der Waals surface area contributed by atoms with Gasteiger partial charge in [0.1, 0.15) is 0 Å². The van der Waals surface area contributed by atoms with Crippen LogP contribution in [0.5, 0.6) is 0 Å². The lowest BCUT2D eigenvalue weighted by molar-refractivity contribution is 0.923. The third kappa shape index (κ3) is 2.27. The average molecular weight is 280 g/mol. The highest BCUT2D eigenvalue weighted by molar-refractivity contribution is 9.10. The van der Waals surface area contributed by atoms with Crippen LogP contribution in [0, 0.1) is 13.8 Å². The molecule has 0 saturated carbocycles. The fourth-order valence-electron chi connectivity index (χ4n) is 1.53. The molecule has 1 aromatic carbocycles. The minimum absolute atomic E-state index is 0.855. The Bertz CT molecular complexity index is 517. The highest BCUT2D eigenvalue weighted by Crippen LogP contribution is 2.23. The summed E-state index contributed by atoms with van der Waals surface area (Å²) >= 11 is 3.52. The first-order chi connectivity index (χ1) is 7.56. The smallest absolute Gasteiger partial charge is 0.207 e. The van der Waals surface area contributed by atoms with Crippen molar-refractivity contribution in [2.45, 2.75) is 13.8 Å². The van der Waals surface area contributed by atoms with E-state index in [4.69, 9.17) is 0 Å². The molecule has 0 fully saturated rings. The third-order valence-corrected chi connectivity index (χ3v) is 3.28. The van der Waals surface area contributed by atoms with Gasteiger partial charge in [0.25, 0.3) is 0 Å². The topological polar surface area (TPSA) is 29.9 Å². The van der Waals surface area contributed by atoms with Crippen LogP contribution in [-0.2, 0) is 7.05 Å². The lowest BCUT2D eigenvalue weighted by Gasteiger charge is -2.07. The molecule has 1 aromatic heterocycles. The molecule has 0 atom stereocenters. The Morgan fingerprint density at radius 1 is 1.31 bits per heavy atom. The highest BCUT2D eigenvalue weighted by atomic mass is 79.9. The van der Waals surface area contributed by atoms with Crippen molar-refractivity contribution < 1.29 is 0 Å². The second kappa shape index (κ2) is 4.29. The van der Waals surface area contributed by atoms with E-state index in [9.17, 15) is 0 Å². The molecule has 0 aliphatic carbocycles. The summed E-state index contributed by atoms with van der Waals surface area (Å²) in [4.78, 5) is 4.39. The monoisotopic (exact) mass is 279 g/mol. The van der Waals surface area contributed by atoms with Crippen molar-refractivity contribution in [3.05, 3.63) is 40.1 Å². The lowest BCUT2D eigenvalue weighted by atomic mass is 10.2. The number of hydrogen-bond donors (Lipinski definition) is 1. The Morgan fingerprint density at radius 2 is 2.06 bits per heavy atom. The van der Waals surface area contributed by atoms with Gasteiger partial charge in [-0.25, -0.2) is 4.98 Å². The molecule has 3 nitrogen and oxygen atoms in total. The maximum Gasteiger partial charge on any atom is 0.207 e. The van der Waals surface area contributed by atoms with Crippen molar-refractivity contribution in [3.63, 3.8) is 0 Å². The van der Waals surface area contributed by atoms with Gasteiger partial charge in [-0.1, -0.05) is 22.0 Å². The Labute approximate surface area is 104 Å². The van der Waals surface area contributed by atoms with E-state index in [1.54, 1.807) is 0 Å². The van der Waals surface area contributed by atoms with Gasteiger partial charge in [-0.2, -0.15) is 0 Å². The maximum atomic E-state index is 4.39. The molecule has 0 aliphatic rings. The number of rotatable bonds is 2. The number of aryl methyl sites for hydroxylation is 3. The van der Waals surface area contributed by atoms with Crippen LogP contribution in [0.15, 0.2) is 28.9 Å². The van der Waals surface area contributed by atoms with E-state index in [1.165, 1.54) is 5.56 Å². The number of benzene rings is 1. The zero-order valence-corrected chi connectivity index (χ0v) is 11.2. The summed E-state index contributed by atoms with van der Waals surface area (Å²) in [7, 11) is 1.98. The molecule has 0 amide bonds. The van der Waals surface area contributed by atoms with Crippen LogP contribution in [-0.4, -0.2) is 9.55 Å². The van der Waals surface area contributed by atoms with E-state index in [0.717, 1.165) is 21.8 Å². The molecule has 4 heteroatoms. The van der Waals surface area contributed by atoms with Crippen LogP contribution in [0.4, 0.5) is 11.6 Å². The number of halogens is 1. The fraction of sp³-hybridized carbons (Fsp3) is 0.250. The van der Waals surface area contributed by atoms with Crippen LogP contribution in [0.2, 0.25) is 0 Å². The van der Waals surface area contributed by atoms with E-state index in [-0.39, 0.29) is 0 Å². The molecule has 2 aromatic rings. The molecule has 0 saturated heterocycles. The largest absolute Gasteiger partial charge is 0.326 e. The predicted octanol–water partition coefficient (Wildman–Crippen LogP) is 3.54. The SMILES string of the molecule is Cc1cn(C)c(Nc2ccc(C)c(Br)c2)n1. The quantitative estimate of drug-likeness (QED) is 0.911. The first-order valence-electron chi connectivity index (χ1n) is 5.09. The molecule has 1 heterocycles. The van der Waals surface area contributed by atoms with Gasteiger partial charge >= 0.3 is 0 Å². The standard InChI is InChI=1S/C12H14BrN3/c1-8-4-5-10(6-11(8)13)15-12-14-9(2)7-16(12)3/h4-7H,1-3H3,(H,14,15). The van der Waals surface area contributed by atoms with Crippen LogP contribution in [0.25, 0.3) is 0 Å². The molecule has 0 bridgehead atoms. The molecule has 1 N–H and O–H groups in total. The summed E-state index contributed by atoms with van der Waals surface area (Å²) in [6.45, 7) is 4.05. The van der Waals surface area contributed by atoms with Crippen LogP contribution < -0.4 is 5.32 Å². The van der Waals surface area contributed by atoms with E-state index < -0.39 is 0 Å². The highest BCUT2D eigenvalue weighted by Gasteiger charge is 2.03. The van der Waals surface area contributed by atoms with Gasteiger partial charge in [-0.15, -0.1) is 0 Å². The molecule has 16 heavy (non-hydrogen) atoms. The van der Waals surface area contributed by atoms with Gasteiger partial charge in [-0.05, 0) is 31.5 Å². The summed E-state index contributed by atoms with van der Waals surface area (Å²) in [6.07, 6.45) is 1.99. The van der Waals surface area contributed by atoms with Gasteiger partial charge in [-0.3, -0.25) is 0 Å². The first-order valence-corrected chi connectivity index (χ1v) is 5.88. The normalized spacial score (nSPS) is 10.5.